The van der Waals surface area contributed by atoms with Gasteiger partial charge in [-0.2, -0.15) is 4.98 Å². The number of hydrogen-bond acceptors (Lipinski definition) is 6. The Morgan fingerprint density at radius 3 is 2.70 bits per heavy atom. The molecule has 8 heteroatoms. The monoisotopic (exact) mass is 431 g/mol. The number of benzene rings is 1. The summed E-state index contributed by atoms with van der Waals surface area (Å²) in [6.45, 7) is 7.13. The zero-order valence-electron chi connectivity index (χ0n) is 15.4. The fraction of sp³-hybridized carbons (Fsp3) is 0.421. The van der Waals surface area contributed by atoms with E-state index >= 15 is 0 Å². The number of phenols is 1. The Balaban J connectivity index is 1.96. The van der Waals surface area contributed by atoms with E-state index < -0.39 is 0 Å². The largest absolute Gasteiger partial charge is 0.508 e. The molecule has 142 valence electrons. The van der Waals surface area contributed by atoms with E-state index in [-0.39, 0.29) is 11.8 Å². The third-order valence-corrected chi connectivity index (χ3v) is 5.49. The van der Waals surface area contributed by atoms with Crippen molar-refractivity contribution in [2.24, 2.45) is 0 Å². The van der Waals surface area contributed by atoms with Gasteiger partial charge in [0.1, 0.15) is 17.0 Å². The van der Waals surface area contributed by atoms with Crippen LogP contribution in [0.1, 0.15) is 26.3 Å². The van der Waals surface area contributed by atoms with Gasteiger partial charge in [-0.25, -0.2) is 9.97 Å². The lowest BCUT2D eigenvalue weighted by Crippen LogP contribution is -2.37. The number of nitrogens with zero attached hydrogens (tertiary/aromatic N) is 5. The van der Waals surface area contributed by atoms with Crippen molar-refractivity contribution in [3.63, 3.8) is 0 Å². The maximum Gasteiger partial charge on any atom is 0.228 e. The van der Waals surface area contributed by atoms with Crippen molar-refractivity contribution in [2.75, 3.05) is 31.2 Å². The highest BCUT2D eigenvalue weighted by Gasteiger charge is 2.23. The van der Waals surface area contributed by atoms with Crippen molar-refractivity contribution in [1.82, 2.24) is 19.5 Å². The molecule has 0 spiro atoms. The Morgan fingerprint density at radius 2 is 2.00 bits per heavy atom. The van der Waals surface area contributed by atoms with E-state index in [1.165, 1.54) is 0 Å². The molecule has 1 unspecified atom stereocenters. The second-order valence-electron chi connectivity index (χ2n) is 6.70. The summed E-state index contributed by atoms with van der Waals surface area (Å²) < 4.78 is 8.31. The molecule has 1 atom stereocenters. The van der Waals surface area contributed by atoms with Gasteiger partial charge in [0.2, 0.25) is 5.95 Å². The zero-order chi connectivity index (χ0) is 19.0. The molecule has 7 nitrogen and oxygen atoms in total. The number of aromatic nitrogens is 4. The molecule has 27 heavy (non-hydrogen) atoms. The number of rotatable bonds is 4. The Hall–Kier alpha value is -2.19. The van der Waals surface area contributed by atoms with Crippen LogP contribution in [0.2, 0.25) is 0 Å². The summed E-state index contributed by atoms with van der Waals surface area (Å²) in [5.74, 6) is 0.869. The Labute approximate surface area is 166 Å². The summed E-state index contributed by atoms with van der Waals surface area (Å²) in [7, 11) is 0. The van der Waals surface area contributed by atoms with Crippen LogP contribution in [0.15, 0.2) is 29.0 Å². The Morgan fingerprint density at radius 1 is 1.22 bits per heavy atom. The molecular weight excluding hydrogens is 410 g/mol. The van der Waals surface area contributed by atoms with Crippen LogP contribution in [0.25, 0.3) is 22.4 Å². The maximum absolute atomic E-state index is 9.95. The number of ether oxygens (including phenoxy) is 1. The standard InChI is InChI=1S/C19H22BrN5O2/c1-3-12(2)25-17-16(21-18(25)20)15(13-5-4-6-14(26)11-13)22-19(23-17)24-7-9-27-10-8-24/h4-6,11-12,26H,3,7-10H2,1-2H3. The minimum atomic E-state index is 0.201. The predicted molar refractivity (Wildman–Crippen MR) is 108 cm³/mol. The van der Waals surface area contributed by atoms with Gasteiger partial charge in [0.25, 0.3) is 0 Å². The molecule has 1 saturated heterocycles. The van der Waals surface area contributed by atoms with Gasteiger partial charge >= 0.3 is 0 Å². The molecule has 1 fully saturated rings. The molecule has 0 amide bonds. The van der Waals surface area contributed by atoms with E-state index in [0.29, 0.717) is 19.2 Å². The third kappa shape index (κ3) is 3.39. The van der Waals surface area contributed by atoms with Crippen LogP contribution in [0.5, 0.6) is 5.75 Å². The summed E-state index contributed by atoms with van der Waals surface area (Å²) in [5.41, 5.74) is 3.06. The molecule has 4 rings (SSSR count). The van der Waals surface area contributed by atoms with Crippen LogP contribution >= 0.6 is 15.9 Å². The lowest BCUT2D eigenvalue weighted by Gasteiger charge is -2.27. The summed E-state index contributed by atoms with van der Waals surface area (Å²) >= 11 is 3.59. The summed E-state index contributed by atoms with van der Waals surface area (Å²) in [5, 5.41) is 9.95. The fourth-order valence-electron chi connectivity index (χ4n) is 3.27. The van der Waals surface area contributed by atoms with Crippen molar-refractivity contribution in [1.29, 1.82) is 0 Å². The van der Waals surface area contributed by atoms with Gasteiger partial charge in [0.05, 0.1) is 13.2 Å². The minimum absolute atomic E-state index is 0.201. The molecule has 1 aliphatic rings. The first-order valence-electron chi connectivity index (χ1n) is 9.16. The van der Waals surface area contributed by atoms with Crippen LogP contribution < -0.4 is 4.90 Å². The molecule has 1 N–H and O–H groups in total. The number of halogens is 1. The molecular formula is C19H22BrN5O2. The molecule has 3 aromatic rings. The Bertz CT molecular complexity index is 968. The molecule has 1 aliphatic heterocycles. The average Bonchev–Trinajstić information content (AvgIpc) is 3.03. The molecule has 0 bridgehead atoms. The average molecular weight is 432 g/mol. The van der Waals surface area contributed by atoms with Crippen molar-refractivity contribution < 1.29 is 9.84 Å². The molecule has 0 aliphatic carbocycles. The van der Waals surface area contributed by atoms with Gasteiger partial charge in [-0.05, 0) is 41.4 Å². The number of hydrogen-bond donors (Lipinski definition) is 1. The Kier molecular flexibility index (Phi) is 5.01. The fourth-order valence-corrected chi connectivity index (χ4v) is 3.96. The van der Waals surface area contributed by atoms with E-state index in [1.54, 1.807) is 12.1 Å². The highest BCUT2D eigenvalue weighted by atomic mass is 79.9. The quantitative estimate of drug-likeness (QED) is 0.633. The smallest absolute Gasteiger partial charge is 0.228 e. The van der Waals surface area contributed by atoms with Crippen LogP contribution in [-0.2, 0) is 4.74 Å². The molecule has 1 aromatic carbocycles. The topological polar surface area (TPSA) is 76.3 Å². The number of anilines is 1. The number of imidazole rings is 1. The number of fused-ring (bicyclic) bond motifs is 1. The predicted octanol–water partition coefficient (Wildman–Crippen LogP) is 3.77. The number of phenolic OH excluding ortho intramolecular Hbond substituents is 1. The third-order valence-electron chi connectivity index (χ3n) is 4.93. The molecule has 3 heterocycles. The molecule has 2 aromatic heterocycles. The molecule has 0 saturated carbocycles. The van der Waals surface area contributed by atoms with E-state index in [1.807, 2.05) is 12.1 Å². The zero-order valence-corrected chi connectivity index (χ0v) is 17.0. The molecule has 0 radical (unpaired) electrons. The number of aromatic hydroxyl groups is 1. The minimum Gasteiger partial charge on any atom is -0.508 e. The van der Waals surface area contributed by atoms with Gasteiger partial charge < -0.3 is 19.3 Å². The first-order chi connectivity index (χ1) is 13.1. The highest BCUT2D eigenvalue weighted by Crippen LogP contribution is 2.33. The second-order valence-corrected chi connectivity index (χ2v) is 7.41. The van der Waals surface area contributed by atoms with Crippen molar-refractivity contribution >= 4 is 33.0 Å². The SMILES string of the molecule is CCC(C)n1c(Br)nc2c(-c3cccc(O)c3)nc(N3CCOCC3)nc21. The van der Waals surface area contributed by atoms with Crippen LogP contribution in [-0.4, -0.2) is 50.9 Å². The first-order valence-corrected chi connectivity index (χ1v) is 9.95. The van der Waals surface area contributed by atoms with Gasteiger partial charge in [-0.1, -0.05) is 19.1 Å². The van der Waals surface area contributed by atoms with Gasteiger partial charge in [0.15, 0.2) is 10.4 Å². The van der Waals surface area contributed by atoms with Crippen molar-refractivity contribution in [3.8, 4) is 17.0 Å². The first kappa shape index (κ1) is 18.2. The normalized spacial score (nSPS) is 16.0. The van der Waals surface area contributed by atoms with E-state index in [2.05, 4.69) is 39.2 Å². The van der Waals surface area contributed by atoms with Gasteiger partial charge in [-0.15, -0.1) is 0 Å². The van der Waals surface area contributed by atoms with Crippen molar-refractivity contribution in [2.45, 2.75) is 26.3 Å². The van der Waals surface area contributed by atoms with E-state index in [9.17, 15) is 5.11 Å². The highest BCUT2D eigenvalue weighted by molar-refractivity contribution is 9.10. The van der Waals surface area contributed by atoms with E-state index in [4.69, 9.17) is 19.7 Å². The lowest BCUT2D eigenvalue weighted by molar-refractivity contribution is 0.122. The number of morpholine rings is 1. The summed E-state index contributed by atoms with van der Waals surface area (Å²) in [6, 6.07) is 7.35. The van der Waals surface area contributed by atoms with Crippen molar-refractivity contribution in [3.05, 3.63) is 29.0 Å². The second kappa shape index (κ2) is 7.44. The van der Waals surface area contributed by atoms with Gasteiger partial charge in [-0.3, -0.25) is 0 Å². The van der Waals surface area contributed by atoms with E-state index in [0.717, 1.165) is 46.7 Å². The van der Waals surface area contributed by atoms with Crippen LogP contribution in [0, 0.1) is 0 Å². The van der Waals surface area contributed by atoms with Crippen LogP contribution in [0.4, 0.5) is 5.95 Å². The lowest BCUT2D eigenvalue weighted by atomic mass is 10.1. The van der Waals surface area contributed by atoms with Gasteiger partial charge in [0, 0.05) is 24.7 Å². The summed E-state index contributed by atoms with van der Waals surface area (Å²) in [4.78, 5) is 16.5. The summed E-state index contributed by atoms with van der Waals surface area (Å²) in [6.07, 6.45) is 0.961. The maximum atomic E-state index is 9.95. The van der Waals surface area contributed by atoms with Crippen LogP contribution in [0.3, 0.4) is 0 Å².